The lowest BCUT2D eigenvalue weighted by atomic mass is 10.1. The summed E-state index contributed by atoms with van der Waals surface area (Å²) < 4.78 is 33.1. The molecular formula is C22H28N2O4S. The molecule has 2 aromatic rings. The van der Waals surface area contributed by atoms with Crippen molar-refractivity contribution in [1.82, 2.24) is 4.72 Å². The van der Waals surface area contributed by atoms with Gasteiger partial charge in [-0.25, -0.2) is 13.1 Å². The van der Waals surface area contributed by atoms with Crippen molar-refractivity contribution in [2.45, 2.75) is 45.1 Å². The molecular weight excluding hydrogens is 388 g/mol. The predicted molar refractivity (Wildman–Crippen MR) is 114 cm³/mol. The molecule has 1 aliphatic heterocycles. The lowest BCUT2D eigenvalue weighted by molar-refractivity contribution is -0.119. The molecule has 0 spiro atoms. The van der Waals surface area contributed by atoms with Crippen molar-refractivity contribution in [2.24, 2.45) is 5.92 Å². The van der Waals surface area contributed by atoms with Crippen molar-refractivity contribution in [3.05, 3.63) is 53.6 Å². The second-order valence-corrected chi connectivity index (χ2v) is 9.35. The monoisotopic (exact) mass is 416 g/mol. The highest BCUT2D eigenvalue weighted by Gasteiger charge is 2.25. The van der Waals surface area contributed by atoms with Gasteiger partial charge in [0, 0.05) is 25.2 Å². The summed E-state index contributed by atoms with van der Waals surface area (Å²) in [6, 6.07) is 12.1. The third kappa shape index (κ3) is 5.16. The number of ether oxygens (including phenoxy) is 1. The zero-order valence-corrected chi connectivity index (χ0v) is 18.0. The first kappa shape index (κ1) is 21.3. The minimum absolute atomic E-state index is 0.141. The Labute approximate surface area is 172 Å². The van der Waals surface area contributed by atoms with Gasteiger partial charge in [0.1, 0.15) is 5.75 Å². The Kier molecular flexibility index (Phi) is 6.59. The number of nitrogens with one attached hydrogen (secondary N) is 1. The molecule has 2 aromatic carbocycles. The van der Waals surface area contributed by atoms with E-state index in [0.29, 0.717) is 31.2 Å². The van der Waals surface area contributed by atoms with Crippen LogP contribution in [0.5, 0.6) is 5.75 Å². The van der Waals surface area contributed by atoms with Gasteiger partial charge >= 0.3 is 0 Å². The van der Waals surface area contributed by atoms with E-state index in [1.54, 1.807) is 12.1 Å². The first-order chi connectivity index (χ1) is 13.8. The molecule has 0 unspecified atom stereocenters. The van der Waals surface area contributed by atoms with Crippen molar-refractivity contribution < 1.29 is 17.9 Å². The third-order valence-corrected chi connectivity index (χ3v) is 6.25. The van der Waals surface area contributed by atoms with Crippen LogP contribution in [0.1, 0.15) is 38.3 Å². The number of nitrogens with zero attached hydrogens (tertiary/aromatic N) is 1. The maximum absolute atomic E-state index is 12.5. The number of amides is 1. The summed E-state index contributed by atoms with van der Waals surface area (Å²) >= 11 is 0. The number of carbonyl (C=O) groups is 1. The summed E-state index contributed by atoms with van der Waals surface area (Å²) in [4.78, 5) is 14.4. The maximum Gasteiger partial charge on any atom is 0.240 e. The molecule has 29 heavy (non-hydrogen) atoms. The van der Waals surface area contributed by atoms with Crippen LogP contribution in [0.3, 0.4) is 0 Å². The fourth-order valence-corrected chi connectivity index (χ4v) is 4.44. The molecule has 3 rings (SSSR count). The van der Waals surface area contributed by atoms with Crippen LogP contribution in [0, 0.1) is 5.92 Å². The van der Waals surface area contributed by atoms with E-state index >= 15 is 0 Å². The van der Waals surface area contributed by atoms with E-state index in [0.717, 1.165) is 23.2 Å². The van der Waals surface area contributed by atoms with Gasteiger partial charge < -0.3 is 9.64 Å². The third-order valence-electron chi connectivity index (χ3n) is 4.83. The van der Waals surface area contributed by atoms with Gasteiger partial charge in [0.25, 0.3) is 0 Å². The molecule has 0 aromatic heterocycles. The van der Waals surface area contributed by atoms with Gasteiger partial charge in [-0.05, 0) is 60.7 Å². The second-order valence-electron chi connectivity index (χ2n) is 7.59. The molecule has 7 heteroatoms. The fourth-order valence-electron chi connectivity index (χ4n) is 3.43. The molecule has 6 nitrogen and oxygen atoms in total. The number of hydrogen-bond donors (Lipinski definition) is 1. The summed E-state index contributed by atoms with van der Waals surface area (Å²) in [5, 5.41) is 0. The Morgan fingerprint density at radius 3 is 2.55 bits per heavy atom. The van der Waals surface area contributed by atoms with Crippen LogP contribution in [0.4, 0.5) is 5.69 Å². The van der Waals surface area contributed by atoms with E-state index in [1.165, 1.54) is 12.1 Å². The number of hydrogen-bond acceptors (Lipinski definition) is 4. The van der Waals surface area contributed by atoms with Crippen LogP contribution >= 0.6 is 0 Å². The topological polar surface area (TPSA) is 75.7 Å². The highest BCUT2D eigenvalue weighted by molar-refractivity contribution is 7.89. The van der Waals surface area contributed by atoms with Gasteiger partial charge in [-0.2, -0.15) is 0 Å². The molecule has 1 heterocycles. The van der Waals surface area contributed by atoms with Gasteiger partial charge in [0.2, 0.25) is 15.9 Å². The minimum Gasteiger partial charge on any atom is -0.494 e. The number of rotatable bonds is 8. The van der Waals surface area contributed by atoms with Crippen molar-refractivity contribution in [1.29, 1.82) is 0 Å². The van der Waals surface area contributed by atoms with Crippen LogP contribution in [-0.2, 0) is 27.8 Å². The maximum atomic E-state index is 12.5. The van der Waals surface area contributed by atoms with Gasteiger partial charge in [0.05, 0.1) is 11.5 Å². The van der Waals surface area contributed by atoms with Crippen molar-refractivity contribution in [2.75, 3.05) is 18.1 Å². The van der Waals surface area contributed by atoms with E-state index in [-0.39, 0.29) is 17.3 Å². The normalized spacial score (nSPS) is 13.6. The highest BCUT2D eigenvalue weighted by atomic mass is 32.2. The largest absolute Gasteiger partial charge is 0.494 e. The summed E-state index contributed by atoms with van der Waals surface area (Å²) in [5.41, 5.74) is 2.89. The van der Waals surface area contributed by atoms with Gasteiger partial charge in [-0.15, -0.1) is 0 Å². The lowest BCUT2D eigenvalue weighted by Crippen LogP contribution is -2.29. The van der Waals surface area contributed by atoms with Gasteiger partial charge in [-0.3, -0.25) is 4.79 Å². The number of sulfonamides is 1. The molecule has 1 amide bonds. The van der Waals surface area contributed by atoms with Crippen LogP contribution in [0.15, 0.2) is 47.4 Å². The predicted octanol–water partition coefficient (Wildman–Crippen LogP) is 3.50. The van der Waals surface area contributed by atoms with Crippen LogP contribution in [0.25, 0.3) is 0 Å². The zero-order chi connectivity index (χ0) is 21.0. The molecule has 0 bridgehead atoms. The smallest absolute Gasteiger partial charge is 0.240 e. The number of anilines is 1. The Bertz CT molecular complexity index is 969. The van der Waals surface area contributed by atoms with E-state index in [1.807, 2.05) is 43.9 Å². The van der Waals surface area contributed by atoms with Gasteiger partial charge in [0.15, 0.2) is 0 Å². The quantitative estimate of drug-likeness (QED) is 0.715. The molecule has 0 atom stereocenters. The SMILES string of the molecule is CCOc1ccc(S(=O)(=O)NCc2ccc3c(c2)CCN3C(=O)CC(C)C)cc1. The molecule has 0 saturated carbocycles. The van der Waals surface area contributed by atoms with Crippen LogP contribution in [0.2, 0.25) is 0 Å². The van der Waals surface area contributed by atoms with E-state index < -0.39 is 10.0 Å². The Hall–Kier alpha value is -2.38. The Morgan fingerprint density at radius 1 is 1.17 bits per heavy atom. The van der Waals surface area contributed by atoms with E-state index in [9.17, 15) is 13.2 Å². The first-order valence-corrected chi connectivity index (χ1v) is 11.4. The molecule has 1 N–H and O–H groups in total. The first-order valence-electron chi connectivity index (χ1n) is 9.95. The molecule has 0 radical (unpaired) electrons. The molecule has 0 saturated heterocycles. The van der Waals surface area contributed by atoms with Crippen LogP contribution < -0.4 is 14.4 Å². The average Bonchev–Trinajstić information content (AvgIpc) is 3.10. The molecule has 0 fully saturated rings. The van der Waals surface area contributed by atoms with Crippen molar-refractivity contribution in [3.8, 4) is 5.75 Å². The average molecular weight is 417 g/mol. The lowest BCUT2D eigenvalue weighted by Gasteiger charge is -2.18. The Morgan fingerprint density at radius 2 is 1.90 bits per heavy atom. The summed E-state index contributed by atoms with van der Waals surface area (Å²) in [6.45, 7) is 7.36. The molecule has 1 aliphatic rings. The van der Waals surface area contributed by atoms with E-state index in [2.05, 4.69) is 4.72 Å². The summed E-state index contributed by atoms with van der Waals surface area (Å²) in [5.74, 6) is 1.10. The fraction of sp³-hybridized carbons (Fsp3) is 0.409. The van der Waals surface area contributed by atoms with Crippen molar-refractivity contribution in [3.63, 3.8) is 0 Å². The number of benzene rings is 2. The number of carbonyl (C=O) groups excluding carboxylic acids is 1. The second kappa shape index (κ2) is 8.97. The summed E-state index contributed by atoms with van der Waals surface area (Å²) in [7, 11) is -3.61. The number of fused-ring (bicyclic) bond motifs is 1. The minimum atomic E-state index is -3.61. The Balaban J connectivity index is 1.66. The standard InChI is InChI=1S/C22H28N2O4S/c1-4-28-19-6-8-20(9-7-19)29(26,27)23-15-17-5-10-21-18(14-17)11-12-24(21)22(25)13-16(2)3/h5-10,14,16,23H,4,11-13,15H2,1-3H3. The van der Waals surface area contributed by atoms with E-state index in [4.69, 9.17) is 4.74 Å². The summed E-state index contributed by atoms with van der Waals surface area (Å²) in [6.07, 6.45) is 1.32. The van der Waals surface area contributed by atoms with Gasteiger partial charge in [-0.1, -0.05) is 26.0 Å². The van der Waals surface area contributed by atoms with Crippen molar-refractivity contribution >= 4 is 21.6 Å². The molecule has 156 valence electrons. The molecule has 0 aliphatic carbocycles. The zero-order valence-electron chi connectivity index (χ0n) is 17.1. The highest BCUT2D eigenvalue weighted by Crippen LogP contribution is 2.30. The van der Waals surface area contributed by atoms with Crippen LogP contribution in [-0.4, -0.2) is 27.5 Å².